The van der Waals surface area contributed by atoms with Gasteiger partial charge in [0.25, 0.3) is 5.91 Å². The monoisotopic (exact) mass is 639 g/mol. The molecule has 3 N–H and O–H groups in total. The van der Waals surface area contributed by atoms with Gasteiger partial charge in [0.05, 0.1) is 29.3 Å². The molecule has 2 aliphatic rings. The Hall–Kier alpha value is -4.33. The highest BCUT2D eigenvalue weighted by Crippen LogP contribution is 2.35. The zero-order valence-corrected chi connectivity index (χ0v) is 25.9. The quantitative estimate of drug-likeness (QED) is 0.256. The minimum Gasteiger partial charge on any atom is -0.506 e. The number of fused-ring (bicyclic) bond motifs is 1. The highest BCUT2D eigenvalue weighted by atomic mass is 32.2. The van der Waals surface area contributed by atoms with Crippen LogP contribution >= 0.6 is 0 Å². The van der Waals surface area contributed by atoms with Gasteiger partial charge in [-0.2, -0.15) is 4.31 Å². The molecule has 0 spiro atoms. The number of phenolic OH excluding ortho intramolecular Hbond substituents is 1. The Bertz CT molecular complexity index is 1620. The van der Waals surface area contributed by atoms with Crippen LogP contribution in [-0.2, 0) is 26.0 Å². The summed E-state index contributed by atoms with van der Waals surface area (Å²) in [5, 5.41) is 24.6. The Morgan fingerprint density at radius 3 is 2.49 bits per heavy atom. The SMILES string of the molecule is CC[C@H](C)CN(C[C@@H](O)[C@H](Cc1ccccc1)NC(=O)[C@@H]1CN(c2ccccc2O)C(=O)O1)S(=O)(=O)c1ccc2c(c1)OCO2. The number of hydrogen-bond donors (Lipinski definition) is 3. The van der Waals surface area contributed by atoms with Crippen molar-refractivity contribution >= 4 is 27.7 Å². The first-order valence-corrected chi connectivity index (χ1v) is 16.2. The summed E-state index contributed by atoms with van der Waals surface area (Å²) < 4.78 is 45.1. The minimum absolute atomic E-state index is 0.00439. The van der Waals surface area contributed by atoms with Crippen molar-refractivity contribution in [2.75, 3.05) is 31.3 Å². The number of aliphatic hydroxyl groups is 1. The number of sulfonamides is 1. The van der Waals surface area contributed by atoms with Gasteiger partial charge in [-0.15, -0.1) is 0 Å². The van der Waals surface area contributed by atoms with Gasteiger partial charge in [-0.25, -0.2) is 13.2 Å². The molecule has 45 heavy (non-hydrogen) atoms. The summed E-state index contributed by atoms with van der Waals surface area (Å²) in [6.45, 7) is 3.53. The van der Waals surface area contributed by atoms with Gasteiger partial charge in [-0.3, -0.25) is 9.69 Å². The van der Waals surface area contributed by atoms with Gasteiger partial charge >= 0.3 is 6.09 Å². The van der Waals surface area contributed by atoms with E-state index in [0.717, 1.165) is 10.5 Å². The number of phenols is 1. The number of cyclic esters (lactones) is 1. The van der Waals surface area contributed by atoms with E-state index in [2.05, 4.69) is 5.32 Å². The molecule has 3 aromatic rings. The van der Waals surface area contributed by atoms with E-state index < -0.39 is 40.3 Å². The maximum atomic E-state index is 13.9. The molecule has 0 saturated carbocycles. The highest BCUT2D eigenvalue weighted by molar-refractivity contribution is 7.89. The lowest BCUT2D eigenvalue weighted by Gasteiger charge is -2.31. The molecule has 3 aromatic carbocycles. The van der Waals surface area contributed by atoms with Crippen LogP contribution in [0, 0.1) is 5.92 Å². The predicted molar refractivity (Wildman–Crippen MR) is 165 cm³/mol. The third-order valence-electron chi connectivity index (χ3n) is 7.95. The van der Waals surface area contributed by atoms with E-state index >= 15 is 0 Å². The summed E-state index contributed by atoms with van der Waals surface area (Å²) in [7, 11) is -4.10. The molecule has 2 heterocycles. The fourth-order valence-corrected chi connectivity index (χ4v) is 6.78. The number of aromatic hydroxyl groups is 1. The molecule has 1 fully saturated rings. The second-order valence-corrected chi connectivity index (χ2v) is 13.1. The fourth-order valence-electron chi connectivity index (χ4n) is 5.19. The normalized spacial score (nSPS) is 18.0. The molecule has 2 amide bonds. The zero-order chi connectivity index (χ0) is 32.1. The molecule has 2 aliphatic heterocycles. The molecule has 0 aliphatic carbocycles. The minimum atomic E-state index is -4.10. The lowest BCUT2D eigenvalue weighted by atomic mass is 10.0. The van der Waals surface area contributed by atoms with E-state index in [1.165, 1.54) is 34.6 Å². The van der Waals surface area contributed by atoms with E-state index in [9.17, 15) is 28.2 Å². The number of benzene rings is 3. The molecule has 0 unspecified atom stereocenters. The van der Waals surface area contributed by atoms with Crippen LogP contribution in [0.25, 0.3) is 0 Å². The summed E-state index contributed by atoms with van der Waals surface area (Å²) >= 11 is 0. The second-order valence-electron chi connectivity index (χ2n) is 11.2. The highest BCUT2D eigenvalue weighted by Gasteiger charge is 2.40. The molecular weight excluding hydrogens is 602 g/mol. The smallest absolute Gasteiger partial charge is 0.415 e. The number of carbonyl (C=O) groups is 2. The average Bonchev–Trinajstić information content (AvgIpc) is 3.67. The van der Waals surface area contributed by atoms with E-state index in [0.29, 0.717) is 17.9 Å². The van der Waals surface area contributed by atoms with E-state index in [1.54, 1.807) is 12.1 Å². The first kappa shape index (κ1) is 32.1. The largest absolute Gasteiger partial charge is 0.506 e. The van der Waals surface area contributed by atoms with Crippen molar-refractivity contribution in [1.29, 1.82) is 0 Å². The lowest BCUT2D eigenvalue weighted by molar-refractivity contribution is -0.129. The van der Waals surface area contributed by atoms with Crippen LogP contribution in [0.2, 0.25) is 0 Å². The molecule has 4 atom stereocenters. The molecule has 1 saturated heterocycles. The van der Waals surface area contributed by atoms with Crippen LogP contribution in [0.5, 0.6) is 17.2 Å². The number of nitrogens with zero attached hydrogens (tertiary/aromatic N) is 2. The third-order valence-corrected chi connectivity index (χ3v) is 9.78. The topological polar surface area (TPSA) is 155 Å². The Labute approximate surface area is 262 Å². The van der Waals surface area contributed by atoms with Crippen LogP contribution in [-0.4, -0.2) is 79.6 Å². The van der Waals surface area contributed by atoms with Crippen molar-refractivity contribution in [3.8, 4) is 17.2 Å². The maximum Gasteiger partial charge on any atom is 0.415 e. The molecule has 0 aromatic heterocycles. The van der Waals surface area contributed by atoms with Crippen molar-refractivity contribution in [3.05, 3.63) is 78.4 Å². The Morgan fingerprint density at radius 1 is 1.04 bits per heavy atom. The number of nitrogens with one attached hydrogen (secondary N) is 1. The molecule has 5 rings (SSSR count). The number of amides is 2. The Morgan fingerprint density at radius 2 is 1.76 bits per heavy atom. The number of hydrogen-bond acceptors (Lipinski definition) is 9. The van der Waals surface area contributed by atoms with E-state index in [1.807, 2.05) is 44.2 Å². The van der Waals surface area contributed by atoms with Crippen molar-refractivity contribution in [2.24, 2.45) is 5.92 Å². The van der Waals surface area contributed by atoms with Gasteiger partial charge in [-0.05, 0) is 42.2 Å². The maximum absolute atomic E-state index is 13.9. The van der Waals surface area contributed by atoms with Gasteiger partial charge in [0.15, 0.2) is 17.6 Å². The second kappa shape index (κ2) is 13.8. The number of carbonyl (C=O) groups excluding carboxylic acids is 2. The first-order chi connectivity index (χ1) is 21.6. The molecule has 0 radical (unpaired) electrons. The predicted octanol–water partition coefficient (Wildman–Crippen LogP) is 3.27. The van der Waals surface area contributed by atoms with Gasteiger partial charge in [0.1, 0.15) is 5.75 Å². The first-order valence-electron chi connectivity index (χ1n) is 14.7. The summed E-state index contributed by atoms with van der Waals surface area (Å²) in [6, 6.07) is 18.8. The average molecular weight is 640 g/mol. The van der Waals surface area contributed by atoms with Gasteiger partial charge in [0.2, 0.25) is 16.8 Å². The summed E-state index contributed by atoms with van der Waals surface area (Å²) in [4.78, 5) is 27.2. The van der Waals surface area contributed by atoms with Crippen molar-refractivity contribution in [1.82, 2.24) is 9.62 Å². The number of aliphatic hydroxyl groups excluding tert-OH is 1. The molecule has 240 valence electrons. The number of rotatable bonds is 13. The molecule has 0 bridgehead atoms. The Balaban J connectivity index is 1.37. The number of anilines is 1. The number of para-hydroxylation sites is 2. The van der Waals surface area contributed by atoms with Crippen LogP contribution in [0.15, 0.2) is 77.7 Å². The summed E-state index contributed by atoms with van der Waals surface area (Å²) in [5.74, 6) is -0.0622. The third kappa shape index (κ3) is 7.32. The van der Waals surface area contributed by atoms with Crippen LogP contribution in [0.1, 0.15) is 25.8 Å². The van der Waals surface area contributed by atoms with Crippen LogP contribution < -0.4 is 19.7 Å². The van der Waals surface area contributed by atoms with Crippen molar-refractivity contribution in [2.45, 2.75) is 49.8 Å². The fraction of sp³-hybridized carbons (Fsp3) is 0.375. The van der Waals surface area contributed by atoms with Crippen LogP contribution in [0.4, 0.5) is 10.5 Å². The zero-order valence-electron chi connectivity index (χ0n) is 25.0. The van der Waals surface area contributed by atoms with Gasteiger partial charge < -0.3 is 29.7 Å². The van der Waals surface area contributed by atoms with Gasteiger partial charge in [0, 0.05) is 19.2 Å². The lowest BCUT2D eigenvalue weighted by Crippen LogP contribution is -2.53. The standard InChI is InChI=1S/C32H37N3O9S/c1-3-21(2)17-34(45(40,41)23-13-14-28-29(16-23)43-20-42-28)18-27(37)24(15-22-9-5-4-6-10-22)33-31(38)30-19-35(32(39)44-30)25-11-7-8-12-26(25)36/h4-14,16,21,24,27,30,36-37H,3,15,17-20H2,1-2H3,(H,33,38)/t21-,24-,27+,30-/m0/s1. The van der Waals surface area contributed by atoms with Crippen LogP contribution in [0.3, 0.4) is 0 Å². The number of ether oxygens (including phenoxy) is 3. The molecule has 13 heteroatoms. The summed E-state index contributed by atoms with van der Waals surface area (Å²) in [5.41, 5.74) is 1.00. The Kier molecular flexibility index (Phi) is 9.80. The molecule has 12 nitrogen and oxygen atoms in total. The van der Waals surface area contributed by atoms with Crippen molar-refractivity contribution < 1.29 is 42.4 Å². The van der Waals surface area contributed by atoms with Gasteiger partial charge in [-0.1, -0.05) is 62.7 Å². The van der Waals surface area contributed by atoms with Crippen molar-refractivity contribution in [3.63, 3.8) is 0 Å². The van der Waals surface area contributed by atoms with E-state index in [4.69, 9.17) is 14.2 Å². The van der Waals surface area contributed by atoms with E-state index in [-0.39, 0.29) is 55.1 Å². The molecular formula is C32H37N3O9S. The summed E-state index contributed by atoms with van der Waals surface area (Å²) in [6.07, 6.45) is -2.48.